The van der Waals surface area contributed by atoms with Gasteiger partial charge in [0.15, 0.2) is 0 Å². The van der Waals surface area contributed by atoms with Gasteiger partial charge in [0.2, 0.25) is 5.91 Å². The molecule has 1 heterocycles. The lowest BCUT2D eigenvalue weighted by Crippen LogP contribution is -2.53. The van der Waals surface area contributed by atoms with E-state index in [4.69, 9.17) is 5.73 Å². The predicted molar refractivity (Wildman–Crippen MR) is 45.8 cm³/mol. The Morgan fingerprint density at radius 1 is 1.62 bits per heavy atom. The van der Waals surface area contributed by atoms with Crippen molar-refractivity contribution in [1.29, 1.82) is 0 Å². The molecule has 1 atom stereocenters. The summed E-state index contributed by atoms with van der Waals surface area (Å²) in [6.45, 7) is 1.39. The average molecular weight is 186 g/mol. The van der Waals surface area contributed by atoms with Gasteiger partial charge >= 0.3 is 5.97 Å². The van der Waals surface area contributed by atoms with Gasteiger partial charge in [-0.2, -0.15) is 0 Å². The Bertz CT molecular complexity index is 217. The summed E-state index contributed by atoms with van der Waals surface area (Å²) in [6.07, 6.45) is 1.11. The zero-order valence-corrected chi connectivity index (χ0v) is 7.66. The van der Waals surface area contributed by atoms with Crippen LogP contribution in [0.5, 0.6) is 0 Å². The number of likely N-dealkylation sites (tertiary alicyclic amines) is 1. The second-order valence-corrected chi connectivity index (χ2v) is 3.08. The normalized spacial score (nSPS) is 22.1. The molecular formula is C8H14N2O3. The van der Waals surface area contributed by atoms with Crippen molar-refractivity contribution in [2.24, 2.45) is 5.73 Å². The van der Waals surface area contributed by atoms with Crippen LogP contribution in [-0.2, 0) is 14.3 Å². The Morgan fingerprint density at radius 3 is 2.69 bits per heavy atom. The summed E-state index contributed by atoms with van der Waals surface area (Å²) in [5.41, 5.74) is 4.99. The highest BCUT2D eigenvalue weighted by molar-refractivity contribution is 5.77. The lowest BCUT2D eigenvalue weighted by atomic mass is 10.0. The molecule has 1 aliphatic heterocycles. The second-order valence-electron chi connectivity index (χ2n) is 3.08. The van der Waals surface area contributed by atoms with Crippen LogP contribution in [0.1, 0.15) is 12.8 Å². The van der Waals surface area contributed by atoms with Crippen LogP contribution >= 0.6 is 0 Å². The number of ether oxygens (including phenoxy) is 1. The van der Waals surface area contributed by atoms with Crippen LogP contribution in [0.25, 0.3) is 0 Å². The van der Waals surface area contributed by atoms with E-state index in [9.17, 15) is 9.59 Å². The molecule has 0 saturated carbocycles. The molecule has 1 aliphatic rings. The molecule has 1 rings (SSSR count). The fourth-order valence-electron chi connectivity index (χ4n) is 1.37. The highest BCUT2D eigenvalue weighted by Crippen LogP contribution is 2.18. The number of amides is 1. The van der Waals surface area contributed by atoms with E-state index >= 15 is 0 Å². The second kappa shape index (κ2) is 4.23. The molecule has 0 aromatic carbocycles. The van der Waals surface area contributed by atoms with Crippen molar-refractivity contribution in [3.63, 3.8) is 0 Å². The van der Waals surface area contributed by atoms with Crippen molar-refractivity contribution in [3.05, 3.63) is 0 Å². The number of nitrogens with two attached hydrogens (primary N) is 1. The van der Waals surface area contributed by atoms with Gasteiger partial charge in [-0.3, -0.25) is 14.5 Å². The van der Waals surface area contributed by atoms with Gasteiger partial charge in [-0.1, -0.05) is 0 Å². The van der Waals surface area contributed by atoms with Gasteiger partial charge in [-0.05, 0) is 6.42 Å². The first kappa shape index (κ1) is 9.98. The standard InChI is InChI=1S/C8H14N2O3/c1-13-8(12)6-2-4-10(6)5-3-7(9)11/h6H,2-5H2,1H3,(H2,9,11). The molecule has 0 bridgehead atoms. The molecule has 1 saturated heterocycles. The maximum atomic E-state index is 11.1. The Balaban J connectivity index is 2.28. The van der Waals surface area contributed by atoms with E-state index in [2.05, 4.69) is 4.74 Å². The highest BCUT2D eigenvalue weighted by Gasteiger charge is 2.34. The third-order valence-corrected chi connectivity index (χ3v) is 2.25. The molecule has 5 nitrogen and oxygen atoms in total. The zero-order valence-electron chi connectivity index (χ0n) is 7.66. The van der Waals surface area contributed by atoms with Crippen LogP contribution in [0.2, 0.25) is 0 Å². The van der Waals surface area contributed by atoms with Gasteiger partial charge in [0.05, 0.1) is 7.11 Å². The molecule has 1 fully saturated rings. The molecule has 0 aromatic rings. The van der Waals surface area contributed by atoms with Crippen LogP contribution in [0, 0.1) is 0 Å². The summed E-state index contributed by atoms with van der Waals surface area (Å²) >= 11 is 0. The first-order valence-electron chi connectivity index (χ1n) is 4.25. The SMILES string of the molecule is COC(=O)C1CCN1CCC(N)=O. The lowest BCUT2D eigenvalue weighted by molar-refractivity contribution is -0.152. The highest BCUT2D eigenvalue weighted by atomic mass is 16.5. The Kier molecular flexibility index (Phi) is 3.25. The molecular weight excluding hydrogens is 172 g/mol. The van der Waals surface area contributed by atoms with Crippen LogP contribution in [0.15, 0.2) is 0 Å². The zero-order chi connectivity index (χ0) is 9.84. The smallest absolute Gasteiger partial charge is 0.323 e. The van der Waals surface area contributed by atoms with E-state index in [1.807, 2.05) is 4.90 Å². The molecule has 1 unspecified atom stereocenters. The van der Waals surface area contributed by atoms with E-state index in [0.29, 0.717) is 13.0 Å². The molecule has 0 spiro atoms. The van der Waals surface area contributed by atoms with E-state index in [-0.39, 0.29) is 17.9 Å². The molecule has 1 amide bonds. The van der Waals surface area contributed by atoms with E-state index < -0.39 is 0 Å². The van der Waals surface area contributed by atoms with E-state index in [1.54, 1.807) is 0 Å². The maximum Gasteiger partial charge on any atom is 0.323 e. The molecule has 74 valence electrons. The molecule has 0 aliphatic carbocycles. The van der Waals surface area contributed by atoms with Crippen molar-refractivity contribution in [2.75, 3.05) is 20.2 Å². The Morgan fingerprint density at radius 2 is 2.31 bits per heavy atom. The summed E-state index contributed by atoms with van der Waals surface area (Å²) in [7, 11) is 1.37. The summed E-state index contributed by atoms with van der Waals surface area (Å²) in [6, 6.07) is -0.163. The first-order chi connectivity index (χ1) is 6.15. The average Bonchev–Trinajstić information content (AvgIpc) is 2.01. The Hall–Kier alpha value is -1.10. The molecule has 0 aromatic heterocycles. The van der Waals surface area contributed by atoms with Gasteiger partial charge in [-0.25, -0.2) is 0 Å². The number of hydrogen-bond acceptors (Lipinski definition) is 4. The van der Waals surface area contributed by atoms with Crippen molar-refractivity contribution < 1.29 is 14.3 Å². The predicted octanol–water partition coefficient (Wildman–Crippen LogP) is -0.891. The van der Waals surface area contributed by atoms with Crippen molar-refractivity contribution in [2.45, 2.75) is 18.9 Å². The van der Waals surface area contributed by atoms with Gasteiger partial charge in [0.1, 0.15) is 6.04 Å². The maximum absolute atomic E-state index is 11.1. The number of hydrogen-bond donors (Lipinski definition) is 1. The number of carbonyl (C=O) groups excluding carboxylic acids is 2. The van der Waals surface area contributed by atoms with Crippen LogP contribution in [-0.4, -0.2) is 43.0 Å². The number of primary amides is 1. The summed E-state index contributed by atoms with van der Waals surface area (Å²) < 4.78 is 4.59. The number of carbonyl (C=O) groups is 2. The number of nitrogens with zero attached hydrogens (tertiary/aromatic N) is 1. The molecule has 2 N–H and O–H groups in total. The van der Waals surface area contributed by atoms with E-state index in [1.165, 1.54) is 7.11 Å². The van der Waals surface area contributed by atoms with Crippen LogP contribution in [0.3, 0.4) is 0 Å². The van der Waals surface area contributed by atoms with Gasteiger partial charge < -0.3 is 10.5 Å². The topological polar surface area (TPSA) is 72.6 Å². The quantitative estimate of drug-likeness (QED) is 0.578. The van der Waals surface area contributed by atoms with Crippen molar-refractivity contribution in [1.82, 2.24) is 4.90 Å². The summed E-state index contributed by atoms with van der Waals surface area (Å²) in [5, 5.41) is 0. The number of methoxy groups -OCH3 is 1. The third-order valence-electron chi connectivity index (χ3n) is 2.25. The van der Waals surface area contributed by atoms with Crippen LogP contribution < -0.4 is 5.73 Å². The number of esters is 1. The number of rotatable bonds is 4. The molecule has 5 heteroatoms. The monoisotopic (exact) mass is 186 g/mol. The molecule has 13 heavy (non-hydrogen) atoms. The van der Waals surface area contributed by atoms with Crippen molar-refractivity contribution in [3.8, 4) is 0 Å². The third kappa shape index (κ3) is 2.42. The molecule has 0 radical (unpaired) electrons. The summed E-state index contributed by atoms with van der Waals surface area (Å²) in [4.78, 5) is 23.4. The van der Waals surface area contributed by atoms with E-state index in [0.717, 1.165) is 13.0 Å². The summed E-state index contributed by atoms with van der Waals surface area (Å²) in [5.74, 6) is -0.564. The van der Waals surface area contributed by atoms with Crippen molar-refractivity contribution >= 4 is 11.9 Å². The minimum Gasteiger partial charge on any atom is -0.468 e. The van der Waals surface area contributed by atoms with Crippen LogP contribution in [0.4, 0.5) is 0 Å². The largest absolute Gasteiger partial charge is 0.468 e. The van der Waals surface area contributed by atoms with Gasteiger partial charge in [0, 0.05) is 19.5 Å². The minimum atomic E-state index is -0.337. The first-order valence-corrected chi connectivity index (χ1v) is 4.25. The van der Waals surface area contributed by atoms with Gasteiger partial charge in [-0.15, -0.1) is 0 Å². The lowest BCUT2D eigenvalue weighted by Gasteiger charge is -2.38. The minimum absolute atomic E-state index is 0.163. The fourth-order valence-corrected chi connectivity index (χ4v) is 1.37. The fraction of sp³-hybridized carbons (Fsp3) is 0.750. The van der Waals surface area contributed by atoms with Gasteiger partial charge in [0.25, 0.3) is 0 Å². The Labute approximate surface area is 76.8 Å².